The lowest BCUT2D eigenvalue weighted by Gasteiger charge is -2.33. The molecule has 0 spiro atoms. The van der Waals surface area contributed by atoms with Crippen molar-refractivity contribution < 1.29 is 13.9 Å². The number of pyridine rings is 1. The smallest absolute Gasteiger partial charge is 0.404 e. The highest BCUT2D eigenvalue weighted by atomic mass is 19.1. The van der Waals surface area contributed by atoms with Crippen molar-refractivity contribution in [1.29, 1.82) is 0 Å². The van der Waals surface area contributed by atoms with E-state index in [1.807, 2.05) is 6.07 Å². The summed E-state index contributed by atoms with van der Waals surface area (Å²) in [4.78, 5) is 17.2. The van der Waals surface area contributed by atoms with E-state index in [2.05, 4.69) is 9.88 Å². The molecular formula is C15H16FN3O2. The standard InChI is InChI=1S/C15H16FN3O2/c16-10-1-2-13-12(9-10)14(3-6-18-13)19-7-4-11(5-8-19)21-15(17)20/h1-3,6,9,11H,4-5,7-8H2,(H2,17,20). The number of fused-ring (bicyclic) bond motifs is 1. The Hall–Kier alpha value is -2.37. The number of benzene rings is 1. The summed E-state index contributed by atoms with van der Waals surface area (Å²) in [5, 5.41) is 0.798. The zero-order valence-electron chi connectivity index (χ0n) is 11.5. The molecule has 3 rings (SSSR count). The van der Waals surface area contributed by atoms with E-state index in [1.54, 1.807) is 12.3 Å². The van der Waals surface area contributed by atoms with Crippen molar-refractivity contribution in [3.05, 3.63) is 36.3 Å². The highest BCUT2D eigenvalue weighted by molar-refractivity contribution is 5.91. The van der Waals surface area contributed by atoms with Crippen LogP contribution in [0.1, 0.15) is 12.8 Å². The highest BCUT2D eigenvalue weighted by Crippen LogP contribution is 2.28. The Bertz CT molecular complexity index is 669. The Morgan fingerprint density at radius 2 is 2.10 bits per heavy atom. The van der Waals surface area contributed by atoms with E-state index in [0.717, 1.165) is 29.7 Å². The molecular weight excluding hydrogens is 273 g/mol. The van der Waals surface area contributed by atoms with Gasteiger partial charge in [0.15, 0.2) is 0 Å². The SMILES string of the molecule is NC(=O)OC1CCN(c2ccnc3ccc(F)cc23)CC1. The quantitative estimate of drug-likeness (QED) is 0.922. The number of carbonyl (C=O) groups is 1. The predicted octanol–water partition coefficient (Wildman–Crippen LogP) is 2.44. The van der Waals surface area contributed by atoms with Gasteiger partial charge in [0.05, 0.1) is 5.52 Å². The summed E-state index contributed by atoms with van der Waals surface area (Å²) >= 11 is 0. The molecule has 1 aromatic heterocycles. The van der Waals surface area contributed by atoms with Gasteiger partial charge in [0.1, 0.15) is 11.9 Å². The van der Waals surface area contributed by atoms with Gasteiger partial charge < -0.3 is 15.4 Å². The number of nitrogens with zero attached hydrogens (tertiary/aromatic N) is 2. The van der Waals surface area contributed by atoms with Gasteiger partial charge in [-0.05, 0) is 24.3 Å². The molecule has 1 aromatic carbocycles. The third-order valence-electron chi connectivity index (χ3n) is 3.75. The summed E-state index contributed by atoms with van der Waals surface area (Å²) in [5.41, 5.74) is 6.76. The summed E-state index contributed by atoms with van der Waals surface area (Å²) < 4.78 is 18.5. The number of hydrogen-bond donors (Lipinski definition) is 1. The van der Waals surface area contributed by atoms with Crippen LogP contribution in [0.4, 0.5) is 14.9 Å². The van der Waals surface area contributed by atoms with Crippen LogP contribution in [-0.2, 0) is 4.74 Å². The van der Waals surface area contributed by atoms with Crippen molar-refractivity contribution in [2.24, 2.45) is 5.73 Å². The average molecular weight is 289 g/mol. The second-order valence-corrected chi connectivity index (χ2v) is 5.11. The van der Waals surface area contributed by atoms with Crippen LogP contribution >= 0.6 is 0 Å². The fourth-order valence-electron chi connectivity index (χ4n) is 2.76. The molecule has 5 nitrogen and oxygen atoms in total. The van der Waals surface area contributed by atoms with Gasteiger partial charge in [0.25, 0.3) is 0 Å². The fraction of sp³-hybridized carbons (Fsp3) is 0.333. The minimum atomic E-state index is -0.732. The van der Waals surface area contributed by atoms with Gasteiger partial charge in [0.2, 0.25) is 0 Å². The van der Waals surface area contributed by atoms with Crippen LogP contribution in [0.2, 0.25) is 0 Å². The van der Waals surface area contributed by atoms with Crippen LogP contribution < -0.4 is 10.6 Å². The number of piperidine rings is 1. The molecule has 1 aliphatic rings. The van der Waals surface area contributed by atoms with Crippen molar-refractivity contribution in [2.45, 2.75) is 18.9 Å². The predicted molar refractivity (Wildman–Crippen MR) is 77.6 cm³/mol. The molecule has 21 heavy (non-hydrogen) atoms. The van der Waals surface area contributed by atoms with Gasteiger partial charge in [0, 0.05) is 43.2 Å². The van der Waals surface area contributed by atoms with Gasteiger partial charge in [-0.25, -0.2) is 9.18 Å². The molecule has 0 saturated carbocycles. The van der Waals surface area contributed by atoms with Crippen LogP contribution in [0.5, 0.6) is 0 Å². The first-order chi connectivity index (χ1) is 10.1. The summed E-state index contributed by atoms with van der Waals surface area (Å²) in [7, 11) is 0. The number of primary amides is 1. The molecule has 0 atom stereocenters. The number of ether oxygens (including phenoxy) is 1. The molecule has 1 saturated heterocycles. The van der Waals surface area contributed by atoms with Gasteiger partial charge in [-0.1, -0.05) is 0 Å². The monoisotopic (exact) mass is 289 g/mol. The molecule has 2 heterocycles. The Balaban J connectivity index is 1.82. The molecule has 6 heteroatoms. The van der Waals surface area contributed by atoms with Crippen molar-refractivity contribution in [1.82, 2.24) is 4.98 Å². The third kappa shape index (κ3) is 2.89. The first kappa shape index (κ1) is 13.6. The van der Waals surface area contributed by atoms with Gasteiger partial charge in [-0.2, -0.15) is 0 Å². The van der Waals surface area contributed by atoms with E-state index < -0.39 is 6.09 Å². The van der Waals surface area contributed by atoms with Crippen molar-refractivity contribution in [3.63, 3.8) is 0 Å². The average Bonchev–Trinajstić information content (AvgIpc) is 2.47. The van der Waals surface area contributed by atoms with Gasteiger partial charge in [-0.15, -0.1) is 0 Å². The summed E-state index contributed by atoms with van der Waals surface area (Å²) in [5.74, 6) is -0.274. The van der Waals surface area contributed by atoms with Crippen molar-refractivity contribution in [2.75, 3.05) is 18.0 Å². The first-order valence-corrected chi connectivity index (χ1v) is 6.89. The zero-order chi connectivity index (χ0) is 14.8. The van der Waals surface area contributed by atoms with Crippen LogP contribution in [0, 0.1) is 5.82 Å². The summed E-state index contributed by atoms with van der Waals surface area (Å²) in [6.45, 7) is 1.46. The van der Waals surface area contributed by atoms with E-state index in [-0.39, 0.29) is 11.9 Å². The number of rotatable bonds is 2. The molecule has 0 radical (unpaired) electrons. The molecule has 110 valence electrons. The normalized spacial score (nSPS) is 16.1. The Morgan fingerprint density at radius 1 is 1.33 bits per heavy atom. The van der Waals surface area contributed by atoms with Gasteiger partial charge >= 0.3 is 6.09 Å². The lowest BCUT2D eigenvalue weighted by Crippen LogP contribution is -2.38. The fourth-order valence-corrected chi connectivity index (χ4v) is 2.76. The third-order valence-corrected chi connectivity index (χ3v) is 3.75. The lowest BCUT2D eigenvalue weighted by molar-refractivity contribution is 0.0913. The number of amides is 1. The van der Waals surface area contributed by atoms with Crippen LogP contribution in [-0.4, -0.2) is 30.3 Å². The number of anilines is 1. The minimum absolute atomic E-state index is 0.136. The second kappa shape index (κ2) is 5.55. The van der Waals surface area contributed by atoms with E-state index in [9.17, 15) is 9.18 Å². The molecule has 0 bridgehead atoms. The topological polar surface area (TPSA) is 68.5 Å². The van der Waals surface area contributed by atoms with Crippen LogP contribution in [0.25, 0.3) is 10.9 Å². The number of carbonyl (C=O) groups excluding carboxylic acids is 1. The van der Waals surface area contributed by atoms with E-state index in [1.165, 1.54) is 12.1 Å². The zero-order valence-corrected chi connectivity index (χ0v) is 11.5. The molecule has 2 N–H and O–H groups in total. The maximum atomic E-state index is 13.5. The molecule has 1 amide bonds. The molecule has 0 unspecified atom stereocenters. The molecule has 1 fully saturated rings. The minimum Gasteiger partial charge on any atom is -0.446 e. The number of halogens is 1. The Morgan fingerprint density at radius 3 is 2.81 bits per heavy atom. The van der Waals surface area contributed by atoms with Crippen LogP contribution in [0.3, 0.4) is 0 Å². The Labute approximate surface area is 121 Å². The van der Waals surface area contributed by atoms with Crippen LogP contribution in [0.15, 0.2) is 30.5 Å². The van der Waals surface area contributed by atoms with Gasteiger partial charge in [-0.3, -0.25) is 4.98 Å². The van der Waals surface area contributed by atoms with E-state index in [4.69, 9.17) is 10.5 Å². The van der Waals surface area contributed by atoms with Crippen molar-refractivity contribution in [3.8, 4) is 0 Å². The van der Waals surface area contributed by atoms with Crippen molar-refractivity contribution >= 4 is 22.7 Å². The Kier molecular flexibility index (Phi) is 3.60. The molecule has 2 aromatic rings. The lowest BCUT2D eigenvalue weighted by atomic mass is 10.1. The maximum Gasteiger partial charge on any atom is 0.404 e. The second-order valence-electron chi connectivity index (χ2n) is 5.11. The van der Waals surface area contributed by atoms with E-state index >= 15 is 0 Å². The largest absolute Gasteiger partial charge is 0.446 e. The number of aromatic nitrogens is 1. The number of nitrogens with two attached hydrogens (primary N) is 1. The highest BCUT2D eigenvalue weighted by Gasteiger charge is 2.22. The van der Waals surface area contributed by atoms with E-state index in [0.29, 0.717) is 12.8 Å². The maximum absolute atomic E-state index is 13.5. The first-order valence-electron chi connectivity index (χ1n) is 6.89. The molecule has 0 aliphatic carbocycles. The summed E-state index contributed by atoms with van der Waals surface area (Å²) in [6, 6.07) is 6.48. The summed E-state index contributed by atoms with van der Waals surface area (Å²) in [6.07, 6.45) is 2.28. The number of hydrogen-bond acceptors (Lipinski definition) is 4. The molecule has 1 aliphatic heterocycles.